The van der Waals surface area contributed by atoms with E-state index in [0.29, 0.717) is 0 Å². The van der Waals surface area contributed by atoms with Gasteiger partial charge in [-0.05, 0) is 0 Å². The van der Waals surface area contributed by atoms with Crippen LogP contribution in [0, 0.1) is 0 Å². The number of nitrogens with one attached hydrogen (secondary N) is 1. The average molecular weight is 292 g/mol. The molecule has 114 valence electrons. The summed E-state index contributed by atoms with van der Waals surface area (Å²) in [6.07, 6.45) is -6.32. The highest BCUT2D eigenvalue weighted by molar-refractivity contribution is 6.33. The van der Waals surface area contributed by atoms with Crippen molar-refractivity contribution in [2.24, 2.45) is 0 Å². The number of carboxylic acids is 1. The van der Waals surface area contributed by atoms with Crippen molar-refractivity contribution in [2.75, 3.05) is 6.61 Å². The number of aliphatic hydroxyl groups excluding tert-OH is 4. The molecule has 0 saturated carbocycles. The minimum absolute atomic E-state index is 0.348. The number of aliphatic hydroxyl groups is 4. The summed E-state index contributed by atoms with van der Waals surface area (Å²) in [7, 11) is 0. The molecular weight excluding hydrogens is 274 g/mol. The topological polar surface area (TPSA) is 159 Å². The Morgan fingerprint density at radius 1 is 1.45 bits per heavy atom. The molecule has 20 heavy (non-hydrogen) atoms. The van der Waals surface area contributed by atoms with Crippen molar-refractivity contribution in [2.45, 2.75) is 43.8 Å². The maximum absolute atomic E-state index is 11.1. The first-order valence-electron chi connectivity index (χ1n) is 5.95. The van der Waals surface area contributed by atoms with E-state index in [2.05, 4.69) is 5.32 Å². The van der Waals surface area contributed by atoms with Crippen LogP contribution in [0.3, 0.4) is 0 Å². The molecular formula is C11H18NO8+. The normalized spacial score (nSPS) is 29.2. The summed E-state index contributed by atoms with van der Waals surface area (Å²) in [5, 5.41) is 49.1. The average Bonchev–Trinajstić information content (AvgIpc) is 2.38. The second-order valence-corrected chi connectivity index (χ2v) is 4.55. The third kappa shape index (κ3) is 3.73. The Labute approximate surface area is 114 Å². The number of amides is 1. The molecule has 0 radical (unpaired) electrons. The maximum Gasteiger partial charge on any atom is 0.429 e. The van der Waals surface area contributed by atoms with E-state index in [-0.39, 0.29) is 6.42 Å². The number of ketones is 1. The van der Waals surface area contributed by atoms with Gasteiger partial charge < -0.3 is 30.8 Å². The van der Waals surface area contributed by atoms with Crippen molar-refractivity contribution < 1.29 is 39.5 Å². The zero-order valence-corrected chi connectivity index (χ0v) is 10.8. The van der Waals surface area contributed by atoms with E-state index in [1.54, 1.807) is 0 Å². The molecule has 9 heteroatoms. The predicted molar refractivity (Wildman–Crippen MR) is 63.8 cm³/mol. The molecule has 0 bridgehead atoms. The lowest BCUT2D eigenvalue weighted by Gasteiger charge is -2.29. The van der Waals surface area contributed by atoms with Crippen LogP contribution < -0.4 is 5.32 Å². The van der Waals surface area contributed by atoms with Crippen LogP contribution in [-0.4, -0.2) is 80.3 Å². The van der Waals surface area contributed by atoms with Crippen LogP contribution in [0.4, 0.5) is 0 Å². The van der Waals surface area contributed by atoms with Gasteiger partial charge in [0.1, 0.15) is 12.1 Å². The van der Waals surface area contributed by atoms with Crippen LogP contribution in [0.5, 0.6) is 0 Å². The monoisotopic (exact) mass is 292 g/mol. The lowest BCUT2D eigenvalue weighted by molar-refractivity contribution is -0.533. The van der Waals surface area contributed by atoms with Gasteiger partial charge in [-0.25, -0.2) is 9.22 Å². The Kier molecular flexibility index (Phi) is 5.57. The van der Waals surface area contributed by atoms with Crippen LogP contribution in [-0.2, 0) is 14.0 Å². The summed E-state index contributed by atoms with van der Waals surface area (Å²) in [5.41, 5.74) is 0. The summed E-state index contributed by atoms with van der Waals surface area (Å²) in [6, 6.07) is -1.10. The lowest BCUT2D eigenvalue weighted by atomic mass is 9.92. The van der Waals surface area contributed by atoms with Crippen molar-refractivity contribution >= 4 is 17.7 Å². The number of hydrogen-bond donors (Lipinski definition) is 6. The predicted octanol–water partition coefficient (Wildman–Crippen LogP) is -3.47. The van der Waals surface area contributed by atoms with Gasteiger partial charge in [0, 0.05) is 6.92 Å². The van der Waals surface area contributed by atoms with Gasteiger partial charge in [-0.3, -0.25) is 4.79 Å². The molecule has 0 unspecified atom stereocenters. The third-order valence-corrected chi connectivity index (χ3v) is 2.97. The molecule has 1 aliphatic heterocycles. The van der Waals surface area contributed by atoms with E-state index in [9.17, 15) is 24.9 Å². The highest BCUT2D eigenvalue weighted by Gasteiger charge is 2.51. The molecule has 0 fully saturated rings. The molecule has 1 rings (SSSR count). The number of carbonyl (C=O) groups excluding carboxylic acids is 2. The van der Waals surface area contributed by atoms with Crippen LogP contribution in [0.2, 0.25) is 0 Å². The first-order chi connectivity index (χ1) is 9.27. The molecule has 5 atom stereocenters. The summed E-state index contributed by atoms with van der Waals surface area (Å²) in [4.78, 5) is 22.0. The zero-order valence-electron chi connectivity index (χ0n) is 10.8. The van der Waals surface area contributed by atoms with Gasteiger partial charge in [-0.1, -0.05) is 0 Å². The third-order valence-electron chi connectivity index (χ3n) is 2.97. The number of rotatable bonds is 5. The largest absolute Gasteiger partial charge is 0.472 e. The molecule has 0 saturated heterocycles. The molecule has 0 aliphatic carbocycles. The Morgan fingerprint density at radius 2 is 2.05 bits per heavy atom. The lowest BCUT2D eigenvalue weighted by Crippen LogP contribution is -2.61. The smallest absolute Gasteiger partial charge is 0.429 e. The minimum atomic E-state index is -1.68. The fourth-order valence-electron chi connectivity index (χ4n) is 1.98. The van der Waals surface area contributed by atoms with Gasteiger partial charge in [-0.2, -0.15) is 0 Å². The number of carbonyl (C=O) groups is 2. The molecule has 0 spiro atoms. The Morgan fingerprint density at radius 3 is 2.50 bits per heavy atom. The number of carboxylic acid groups (broad SMARTS) is 1. The van der Waals surface area contributed by atoms with Gasteiger partial charge in [0.05, 0.1) is 19.1 Å². The summed E-state index contributed by atoms with van der Waals surface area (Å²) in [5.74, 6) is -2.43. The maximum atomic E-state index is 11.1. The molecule has 9 nitrogen and oxygen atoms in total. The van der Waals surface area contributed by atoms with Crippen molar-refractivity contribution in [1.29, 1.82) is 0 Å². The van der Waals surface area contributed by atoms with E-state index in [0.717, 1.165) is 0 Å². The molecule has 0 aromatic heterocycles. The Bertz CT molecular complexity index is 409. The quantitative estimate of drug-likeness (QED) is 0.227. The number of aliphatic carboxylic acids is 1. The Hall–Kier alpha value is -1.55. The molecule has 6 N–H and O–H groups in total. The van der Waals surface area contributed by atoms with E-state index < -0.39 is 54.7 Å². The summed E-state index contributed by atoms with van der Waals surface area (Å²) in [6.45, 7) is 0.390. The molecule has 1 amide bonds. The van der Waals surface area contributed by atoms with E-state index in [4.69, 9.17) is 14.6 Å². The van der Waals surface area contributed by atoms with E-state index in [1.807, 2.05) is 0 Å². The van der Waals surface area contributed by atoms with Gasteiger partial charge in [0.25, 0.3) is 0 Å². The van der Waals surface area contributed by atoms with Gasteiger partial charge in [-0.15, -0.1) is 0 Å². The highest BCUT2D eigenvalue weighted by atomic mass is 16.5. The van der Waals surface area contributed by atoms with Crippen molar-refractivity contribution in [3.05, 3.63) is 0 Å². The van der Waals surface area contributed by atoms with Gasteiger partial charge >= 0.3 is 17.9 Å². The standard InChI is InChI=1S/C11H17NO8/c1-4(14)12-8-5(15)2-7(11(18)19)20-10(8)9(17)6(16)3-13/h5-6,8-10,13,15-17H,2-3H2,1H3,(H-,12,14,18,19)/p+1/t5-,6+,8+,9+,10+/m0/s1. The SMILES string of the molecule is CC(=O)N[C@H]1[C@H]([C@H](O)[C@H](O)CO)[O+]=C(C(=O)O)C[C@@H]1O. The summed E-state index contributed by atoms with van der Waals surface area (Å²) >= 11 is 0. The van der Waals surface area contributed by atoms with Crippen molar-refractivity contribution in [3.8, 4) is 0 Å². The van der Waals surface area contributed by atoms with E-state index in [1.165, 1.54) is 6.92 Å². The fraction of sp³-hybridized carbons (Fsp3) is 0.727. The minimum Gasteiger partial charge on any atom is -0.472 e. The first kappa shape index (κ1) is 16.5. The van der Waals surface area contributed by atoms with Gasteiger partial charge in [0.15, 0.2) is 6.10 Å². The molecule has 1 heterocycles. The summed E-state index contributed by atoms with van der Waals surface area (Å²) < 4.78 is 5.04. The van der Waals surface area contributed by atoms with Crippen LogP contribution in [0.25, 0.3) is 0 Å². The van der Waals surface area contributed by atoms with Crippen LogP contribution in [0.15, 0.2) is 0 Å². The van der Waals surface area contributed by atoms with Gasteiger partial charge in [0.2, 0.25) is 5.91 Å². The number of hydrogen-bond acceptors (Lipinski definition) is 6. The second-order valence-electron chi connectivity index (χ2n) is 4.55. The molecule has 0 aromatic carbocycles. The highest BCUT2D eigenvalue weighted by Crippen LogP contribution is 2.18. The van der Waals surface area contributed by atoms with E-state index >= 15 is 0 Å². The van der Waals surface area contributed by atoms with Crippen LogP contribution >= 0.6 is 0 Å². The Balaban J connectivity index is 3.08. The van der Waals surface area contributed by atoms with Crippen molar-refractivity contribution in [1.82, 2.24) is 5.32 Å². The second kappa shape index (κ2) is 6.75. The first-order valence-corrected chi connectivity index (χ1v) is 5.95. The fourth-order valence-corrected chi connectivity index (χ4v) is 1.98. The molecule has 1 aliphatic rings. The van der Waals surface area contributed by atoms with Crippen LogP contribution in [0.1, 0.15) is 13.3 Å². The van der Waals surface area contributed by atoms with Crippen molar-refractivity contribution in [3.63, 3.8) is 0 Å². The molecule has 0 aromatic rings. The zero-order chi connectivity index (χ0) is 15.4.